The number of imidazole rings is 1. The summed E-state index contributed by atoms with van der Waals surface area (Å²) in [5.41, 5.74) is 0.724. The maximum absolute atomic E-state index is 12.8. The SMILES string of the molecule is Cc1ccc(Cl)cc1S(=O)(=O)N1CCN(CCn2ccnc2)CC1. The fourth-order valence-electron chi connectivity index (χ4n) is 2.86. The Morgan fingerprint density at radius 2 is 1.92 bits per heavy atom. The number of aryl methyl sites for hydroxylation is 1. The Morgan fingerprint density at radius 3 is 2.58 bits per heavy atom. The molecule has 1 aromatic carbocycles. The maximum atomic E-state index is 12.8. The van der Waals surface area contributed by atoms with Crippen molar-refractivity contribution in [2.45, 2.75) is 18.4 Å². The van der Waals surface area contributed by atoms with E-state index in [1.165, 1.54) is 6.07 Å². The molecular weight excluding hydrogens is 348 g/mol. The average Bonchev–Trinajstić information content (AvgIpc) is 3.09. The summed E-state index contributed by atoms with van der Waals surface area (Å²) in [6, 6.07) is 5.00. The highest BCUT2D eigenvalue weighted by molar-refractivity contribution is 7.89. The summed E-state index contributed by atoms with van der Waals surface area (Å²) in [5.74, 6) is 0. The Balaban J connectivity index is 1.62. The van der Waals surface area contributed by atoms with Gasteiger partial charge in [-0.15, -0.1) is 0 Å². The van der Waals surface area contributed by atoms with Gasteiger partial charge in [-0.1, -0.05) is 17.7 Å². The molecule has 1 saturated heterocycles. The number of hydrogen-bond acceptors (Lipinski definition) is 4. The second kappa shape index (κ2) is 7.23. The quantitative estimate of drug-likeness (QED) is 0.808. The molecule has 0 bridgehead atoms. The van der Waals surface area contributed by atoms with Gasteiger partial charge in [0.2, 0.25) is 10.0 Å². The molecule has 8 heteroatoms. The summed E-state index contributed by atoms with van der Waals surface area (Å²) in [4.78, 5) is 6.61. The summed E-state index contributed by atoms with van der Waals surface area (Å²) < 4.78 is 29.3. The molecule has 130 valence electrons. The fraction of sp³-hybridized carbons (Fsp3) is 0.438. The zero-order valence-electron chi connectivity index (χ0n) is 13.6. The standard InChI is InChI=1S/C16H21ClN4O2S/c1-14-2-3-15(17)12-16(14)24(22,23)21-10-8-19(9-11-21)6-7-20-5-4-18-13-20/h2-5,12-13H,6-11H2,1H3. The van der Waals surface area contributed by atoms with Gasteiger partial charge in [0.15, 0.2) is 0 Å². The monoisotopic (exact) mass is 368 g/mol. The van der Waals surface area contributed by atoms with Gasteiger partial charge < -0.3 is 4.57 Å². The van der Waals surface area contributed by atoms with Crippen LogP contribution in [0.25, 0.3) is 0 Å². The molecule has 1 aliphatic heterocycles. The molecular formula is C16H21ClN4O2S. The molecule has 1 aliphatic rings. The molecule has 1 aromatic heterocycles. The van der Waals surface area contributed by atoms with Crippen LogP contribution in [-0.2, 0) is 16.6 Å². The highest BCUT2D eigenvalue weighted by Gasteiger charge is 2.29. The second-order valence-corrected chi connectivity index (χ2v) is 8.30. The van der Waals surface area contributed by atoms with Gasteiger partial charge in [0.1, 0.15) is 0 Å². The van der Waals surface area contributed by atoms with Crippen LogP contribution in [-0.4, -0.2) is 59.9 Å². The van der Waals surface area contributed by atoms with Gasteiger partial charge in [0, 0.05) is 56.7 Å². The molecule has 0 radical (unpaired) electrons. The summed E-state index contributed by atoms with van der Waals surface area (Å²) in [5, 5.41) is 0.443. The van der Waals surface area contributed by atoms with E-state index in [0.29, 0.717) is 23.0 Å². The largest absolute Gasteiger partial charge is 0.336 e. The van der Waals surface area contributed by atoms with Crippen molar-refractivity contribution in [3.8, 4) is 0 Å². The molecule has 0 N–H and O–H groups in total. The Morgan fingerprint density at radius 1 is 1.17 bits per heavy atom. The molecule has 0 amide bonds. The summed E-state index contributed by atoms with van der Waals surface area (Å²) in [6.45, 7) is 6.00. The van der Waals surface area contributed by atoms with Crippen molar-refractivity contribution in [1.82, 2.24) is 18.8 Å². The van der Waals surface area contributed by atoms with E-state index in [9.17, 15) is 8.42 Å². The zero-order chi connectivity index (χ0) is 17.2. The molecule has 24 heavy (non-hydrogen) atoms. The van der Waals surface area contributed by atoms with Gasteiger partial charge in [0.05, 0.1) is 11.2 Å². The van der Waals surface area contributed by atoms with E-state index in [2.05, 4.69) is 9.88 Å². The first kappa shape index (κ1) is 17.4. The van der Waals surface area contributed by atoms with Crippen LogP contribution in [0.15, 0.2) is 41.8 Å². The third-order valence-corrected chi connectivity index (χ3v) is 6.61. The lowest BCUT2D eigenvalue weighted by atomic mass is 10.2. The molecule has 0 saturated carbocycles. The summed E-state index contributed by atoms with van der Waals surface area (Å²) in [7, 11) is -3.49. The number of rotatable bonds is 5. The average molecular weight is 369 g/mol. The number of sulfonamides is 1. The minimum absolute atomic E-state index is 0.307. The van der Waals surface area contributed by atoms with Crippen LogP contribution in [0.3, 0.4) is 0 Å². The van der Waals surface area contributed by atoms with Gasteiger partial charge >= 0.3 is 0 Å². The molecule has 0 unspecified atom stereocenters. The van der Waals surface area contributed by atoms with E-state index in [1.54, 1.807) is 35.9 Å². The highest BCUT2D eigenvalue weighted by atomic mass is 35.5. The van der Waals surface area contributed by atoms with Gasteiger partial charge in [-0.3, -0.25) is 4.90 Å². The number of piperazine rings is 1. The number of nitrogens with zero attached hydrogens (tertiary/aromatic N) is 4. The van der Waals surface area contributed by atoms with Gasteiger partial charge in [-0.05, 0) is 24.6 Å². The summed E-state index contributed by atoms with van der Waals surface area (Å²) in [6.07, 6.45) is 5.49. The van der Waals surface area contributed by atoms with Crippen molar-refractivity contribution in [3.05, 3.63) is 47.5 Å². The highest BCUT2D eigenvalue weighted by Crippen LogP contribution is 2.24. The molecule has 0 aliphatic carbocycles. The van der Waals surface area contributed by atoms with Crippen molar-refractivity contribution in [2.24, 2.45) is 0 Å². The predicted octanol–water partition coefficient (Wildman–Crippen LogP) is 1.85. The minimum atomic E-state index is -3.49. The van der Waals surface area contributed by atoms with Crippen LogP contribution in [0.5, 0.6) is 0 Å². The lowest BCUT2D eigenvalue weighted by molar-refractivity contribution is 0.183. The topological polar surface area (TPSA) is 58.4 Å². The van der Waals surface area contributed by atoms with Crippen LogP contribution < -0.4 is 0 Å². The van der Waals surface area contributed by atoms with E-state index < -0.39 is 10.0 Å². The predicted molar refractivity (Wildman–Crippen MR) is 93.6 cm³/mol. The van der Waals surface area contributed by atoms with Gasteiger partial charge in [0.25, 0.3) is 0 Å². The molecule has 0 atom stereocenters. The van der Waals surface area contributed by atoms with E-state index in [-0.39, 0.29) is 0 Å². The van der Waals surface area contributed by atoms with Crippen molar-refractivity contribution >= 4 is 21.6 Å². The fourth-order valence-corrected chi connectivity index (χ4v) is 4.77. The van der Waals surface area contributed by atoms with Crippen molar-refractivity contribution in [3.63, 3.8) is 0 Å². The molecule has 2 aromatic rings. The van der Waals surface area contributed by atoms with Gasteiger partial charge in [-0.2, -0.15) is 4.31 Å². The first-order chi connectivity index (χ1) is 11.5. The first-order valence-corrected chi connectivity index (χ1v) is 9.73. The van der Waals surface area contributed by atoms with Crippen molar-refractivity contribution < 1.29 is 8.42 Å². The third kappa shape index (κ3) is 3.80. The van der Waals surface area contributed by atoms with Crippen LogP contribution in [0.4, 0.5) is 0 Å². The van der Waals surface area contributed by atoms with Gasteiger partial charge in [-0.25, -0.2) is 13.4 Å². The number of benzene rings is 1. The van der Waals surface area contributed by atoms with Crippen LogP contribution in [0.2, 0.25) is 5.02 Å². The number of hydrogen-bond donors (Lipinski definition) is 0. The Bertz CT molecular complexity index is 784. The minimum Gasteiger partial charge on any atom is -0.336 e. The number of halogens is 1. The Kier molecular flexibility index (Phi) is 5.24. The van der Waals surface area contributed by atoms with Crippen molar-refractivity contribution in [2.75, 3.05) is 32.7 Å². The van der Waals surface area contributed by atoms with Crippen LogP contribution in [0, 0.1) is 6.92 Å². The van der Waals surface area contributed by atoms with Crippen LogP contribution >= 0.6 is 11.6 Å². The third-order valence-electron chi connectivity index (χ3n) is 4.33. The van der Waals surface area contributed by atoms with E-state index in [0.717, 1.165) is 31.7 Å². The maximum Gasteiger partial charge on any atom is 0.243 e. The van der Waals surface area contributed by atoms with E-state index in [4.69, 9.17) is 11.6 Å². The first-order valence-electron chi connectivity index (χ1n) is 7.91. The molecule has 0 spiro atoms. The second-order valence-electron chi connectivity index (χ2n) is 5.96. The summed E-state index contributed by atoms with van der Waals surface area (Å²) >= 11 is 5.98. The molecule has 6 nitrogen and oxygen atoms in total. The smallest absolute Gasteiger partial charge is 0.243 e. The van der Waals surface area contributed by atoms with E-state index >= 15 is 0 Å². The lowest BCUT2D eigenvalue weighted by Gasteiger charge is -2.34. The zero-order valence-corrected chi connectivity index (χ0v) is 15.2. The molecule has 1 fully saturated rings. The van der Waals surface area contributed by atoms with E-state index in [1.807, 2.05) is 10.8 Å². The Labute approximate surface area is 147 Å². The lowest BCUT2D eigenvalue weighted by Crippen LogP contribution is -2.49. The molecule has 3 rings (SSSR count). The normalized spacial score (nSPS) is 17.2. The van der Waals surface area contributed by atoms with Crippen LogP contribution in [0.1, 0.15) is 5.56 Å². The molecule has 2 heterocycles. The Hall–Kier alpha value is -1.41. The van der Waals surface area contributed by atoms with Crippen molar-refractivity contribution in [1.29, 1.82) is 0 Å². The number of aromatic nitrogens is 2.